The molecule has 0 atom stereocenters. The Hall–Kier alpha value is -1.29. The number of rotatable bonds is 2. The summed E-state index contributed by atoms with van der Waals surface area (Å²) in [5.41, 5.74) is 1.32. The second-order valence-corrected chi connectivity index (χ2v) is 6.05. The molecule has 1 aromatic heterocycles. The van der Waals surface area contributed by atoms with Gasteiger partial charge in [0.05, 0.1) is 10.7 Å². The third-order valence-corrected chi connectivity index (χ3v) is 4.47. The number of thioether (sulfide) groups is 1. The van der Waals surface area contributed by atoms with Crippen molar-refractivity contribution in [2.75, 3.05) is 6.26 Å². The number of halogens is 2. The summed E-state index contributed by atoms with van der Waals surface area (Å²) >= 11 is 10.9. The van der Waals surface area contributed by atoms with E-state index in [4.69, 9.17) is 11.6 Å². The Morgan fingerprint density at radius 1 is 1.50 bits per heavy atom. The van der Waals surface area contributed by atoms with E-state index in [1.54, 1.807) is 12.3 Å². The predicted octanol–water partition coefficient (Wildman–Crippen LogP) is 3.75. The summed E-state index contributed by atoms with van der Waals surface area (Å²) in [4.78, 5) is 18.8. The van der Waals surface area contributed by atoms with Crippen molar-refractivity contribution >= 4 is 39.3 Å². The zero-order chi connectivity index (χ0) is 14.9. The summed E-state index contributed by atoms with van der Waals surface area (Å²) in [5, 5.41) is 10.1. The minimum absolute atomic E-state index is 0.0396. The van der Waals surface area contributed by atoms with Gasteiger partial charge in [0.25, 0.3) is 5.56 Å². The smallest absolute Gasteiger partial charge is 0.270 e. The SMILES string of the molecule is CSc1nc(-c2cc(C)cc(Br)c2Cl)c(C#N)c(=O)[nH]1. The molecule has 0 bridgehead atoms. The first-order valence-corrected chi connectivity index (χ1v) is 7.92. The Morgan fingerprint density at radius 2 is 2.20 bits per heavy atom. The summed E-state index contributed by atoms with van der Waals surface area (Å²) in [6.07, 6.45) is 1.79. The summed E-state index contributed by atoms with van der Waals surface area (Å²) in [5.74, 6) is 0. The van der Waals surface area contributed by atoms with Crippen LogP contribution in [0.3, 0.4) is 0 Å². The van der Waals surface area contributed by atoms with Crippen molar-refractivity contribution in [3.63, 3.8) is 0 Å². The van der Waals surface area contributed by atoms with Crippen LogP contribution in [0.25, 0.3) is 11.3 Å². The molecule has 2 rings (SSSR count). The summed E-state index contributed by atoms with van der Waals surface area (Å²) in [6, 6.07) is 5.56. The first-order chi connectivity index (χ1) is 9.47. The summed E-state index contributed by atoms with van der Waals surface area (Å²) in [7, 11) is 0. The van der Waals surface area contributed by atoms with E-state index in [1.165, 1.54) is 11.8 Å². The lowest BCUT2D eigenvalue weighted by atomic mass is 10.1. The fourth-order valence-electron chi connectivity index (χ4n) is 1.74. The van der Waals surface area contributed by atoms with E-state index in [2.05, 4.69) is 25.9 Å². The van der Waals surface area contributed by atoms with Crippen molar-refractivity contribution in [3.05, 3.63) is 43.1 Å². The molecule has 0 amide bonds. The van der Waals surface area contributed by atoms with Crippen LogP contribution in [0, 0.1) is 18.3 Å². The molecule has 1 N–H and O–H groups in total. The first-order valence-electron chi connectivity index (χ1n) is 5.52. The van der Waals surface area contributed by atoms with Crippen LogP contribution in [0.4, 0.5) is 0 Å². The molecule has 102 valence electrons. The highest BCUT2D eigenvalue weighted by Crippen LogP contribution is 2.35. The number of nitriles is 1. The highest BCUT2D eigenvalue weighted by molar-refractivity contribution is 9.10. The van der Waals surface area contributed by atoms with Gasteiger partial charge in [0.15, 0.2) is 5.16 Å². The van der Waals surface area contributed by atoms with Crippen molar-refractivity contribution in [2.45, 2.75) is 12.1 Å². The molecule has 0 fully saturated rings. The van der Waals surface area contributed by atoms with E-state index in [1.807, 2.05) is 19.1 Å². The van der Waals surface area contributed by atoms with Gasteiger partial charge < -0.3 is 4.98 Å². The lowest BCUT2D eigenvalue weighted by molar-refractivity contribution is 0.937. The zero-order valence-electron chi connectivity index (χ0n) is 10.6. The average Bonchev–Trinajstić information content (AvgIpc) is 2.41. The van der Waals surface area contributed by atoms with Crippen molar-refractivity contribution in [2.24, 2.45) is 0 Å². The number of benzene rings is 1. The Bertz CT molecular complexity index is 782. The molecule has 0 saturated carbocycles. The quantitative estimate of drug-likeness (QED) is 0.645. The lowest BCUT2D eigenvalue weighted by Crippen LogP contribution is -2.14. The summed E-state index contributed by atoms with van der Waals surface area (Å²) < 4.78 is 0.700. The molecule has 4 nitrogen and oxygen atoms in total. The van der Waals surface area contributed by atoms with Gasteiger partial charge in [0.2, 0.25) is 0 Å². The lowest BCUT2D eigenvalue weighted by Gasteiger charge is -2.09. The van der Waals surface area contributed by atoms with Crippen LogP contribution >= 0.6 is 39.3 Å². The second-order valence-electron chi connectivity index (χ2n) is 4.02. The van der Waals surface area contributed by atoms with Gasteiger partial charge in [-0.3, -0.25) is 4.79 Å². The molecule has 0 aliphatic rings. The number of aryl methyl sites for hydroxylation is 1. The van der Waals surface area contributed by atoms with Crippen molar-refractivity contribution in [1.82, 2.24) is 9.97 Å². The van der Waals surface area contributed by atoms with Gasteiger partial charge in [0.1, 0.15) is 11.6 Å². The molecular formula is C13H9BrClN3OS. The van der Waals surface area contributed by atoms with Gasteiger partial charge >= 0.3 is 0 Å². The maximum absolute atomic E-state index is 11.9. The Labute approximate surface area is 133 Å². The van der Waals surface area contributed by atoms with Gasteiger partial charge in [-0.1, -0.05) is 23.4 Å². The number of nitrogens with zero attached hydrogens (tertiary/aromatic N) is 2. The molecule has 0 aliphatic heterocycles. The topological polar surface area (TPSA) is 69.5 Å². The van der Waals surface area contributed by atoms with Gasteiger partial charge in [-0.15, -0.1) is 0 Å². The molecule has 2 aromatic rings. The molecule has 0 aliphatic carbocycles. The minimum Gasteiger partial charge on any atom is -0.300 e. The maximum atomic E-state index is 11.9. The van der Waals surface area contributed by atoms with E-state index in [0.29, 0.717) is 25.9 Å². The second kappa shape index (κ2) is 6.00. The fourth-order valence-corrected chi connectivity index (χ4v) is 2.90. The van der Waals surface area contributed by atoms with Gasteiger partial charge in [-0.2, -0.15) is 5.26 Å². The zero-order valence-corrected chi connectivity index (χ0v) is 13.8. The van der Waals surface area contributed by atoms with E-state index in [-0.39, 0.29) is 5.56 Å². The highest BCUT2D eigenvalue weighted by atomic mass is 79.9. The van der Waals surface area contributed by atoms with Gasteiger partial charge in [-0.05, 0) is 46.8 Å². The van der Waals surface area contributed by atoms with Crippen LogP contribution in [0.2, 0.25) is 5.02 Å². The number of aromatic amines is 1. The van der Waals surface area contributed by atoms with E-state index in [0.717, 1.165) is 5.56 Å². The molecular weight excluding hydrogens is 362 g/mol. The van der Waals surface area contributed by atoms with Crippen LogP contribution < -0.4 is 5.56 Å². The standard InChI is InChI=1S/C13H9BrClN3OS/c1-6-3-7(10(15)9(14)4-6)11-8(5-16)12(19)18-13(17-11)20-2/h3-4H,1-2H3,(H,17,18,19). The number of hydrogen-bond donors (Lipinski definition) is 1. The molecule has 20 heavy (non-hydrogen) atoms. The monoisotopic (exact) mass is 369 g/mol. The number of aromatic nitrogens is 2. The Kier molecular flexibility index (Phi) is 4.53. The number of H-pyrrole nitrogens is 1. The molecule has 0 unspecified atom stereocenters. The predicted molar refractivity (Wildman–Crippen MR) is 84.2 cm³/mol. The van der Waals surface area contributed by atoms with Crippen molar-refractivity contribution in [3.8, 4) is 17.3 Å². The van der Waals surface area contributed by atoms with E-state index >= 15 is 0 Å². The van der Waals surface area contributed by atoms with E-state index in [9.17, 15) is 10.1 Å². The molecule has 1 aromatic carbocycles. The molecule has 0 saturated heterocycles. The highest BCUT2D eigenvalue weighted by Gasteiger charge is 2.17. The van der Waals surface area contributed by atoms with Crippen LogP contribution in [0.15, 0.2) is 26.6 Å². The van der Waals surface area contributed by atoms with Crippen LogP contribution in [0.1, 0.15) is 11.1 Å². The third-order valence-electron chi connectivity index (χ3n) is 2.63. The Balaban J connectivity index is 2.85. The fraction of sp³-hybridized carbons (Fsp3) is 0.154. The van der Waals surface area contributed by atoms with Crippen molar-refractivity contribution in [1.29, 1.82) is 5.26 Å². The molecule has 0 radical (unpaired) electrons. The summed E-state index contributed by atoms with van der Waals surface area (Å²) in [6.45, 7) is 1.90. The first kappa shape index (κ1) is 15.1. The Morgan fingerprint density at radius 3 is 2.80 bits per heavy atom. The molecule has 0 spiro atoms. The number of nitrogens with one attached hydrogen (secondary N) is 1. The average molecular weight is 371 g/mol. The van der Waals surface area contributed by atoms with Gasteiger partial charge in [-0.25, -0.2) is 4.98 Å². The van der Waals surface area contributed by atoms with Crippen molar-refractivity contribution < 1.29 is 0 Å². The van der Waals surface area contributed by atoms with Crippen LogP contribution in [-0.4, -0.2) is 16.2 Å². The largest absolute Gasteiger partial charge is 0.300 e. The minimum atomic E-state index is -0.462. The van der Waals surface area contributed by atoms with E-state index < -0.39 is 5.56 Å². The molecule has 1 heterocycles. The number of hydrogen-bond acceptors (Lipinski definition) is 4. The van der Waals surface area contributed by atoms with Crippen LogP contribution in [0.5, 0.6) is 0 Å². The maximum Gasteiger partial charge on any atom is 0.270 e. The van der Waals surface area contributed by atoms with Crippen LogP contribution in [-0.2, 0) is 0 Å². The third kappa shape index (κ3) is 2.75. The van der Waals surface area contributed by atoms with Gasteiger partial charge in [0, 0.05) is 10.0 Å². The molecule has 7 heteroatoms. The normalized spacial score (nSPS) is 10.3.